The van der Waals surface area contributed by atoms with Crippen LogP contribution in [0.3, 0.4) is 0 Å². The summed E-state index contributed by atoms with van der Waals surface area (Å²) in [6.45, 7) is 0. The molecule has 0 amide bonds. The van der Waals surface area contributed by atoms with Gasteiger partial charge in [-0.15, -0.1) is 12.3 Å². The second-order valence-corrected chi connectivity index (χ2v) is 1.64. The van der Waals surface area contributed by atoms with Gasteiger partial charge in [-0.05, 0) is 0 Å². The fourth-order valence-electron chi connectivity index (χ4n) is 0.121. The molecule has 0 rings (SSSR count). The molecule has 0 spiro atoms. The van der Waals surface area contributed by atoms with Crippen LogP contribution in [0.1, 0.15) is 6.42 Å². The van der Waals surface area contributed by atoms with Crippen LogP contribution in [-0.2, 0) is 0 Å². The van der Waals surface area contributed by atoms with E-state index in [1.54, 1.807) is 0 Å². The van der Waals surface area contributed by atoms with Crippen molar-refractivity contribution >= 4 is 12.6 Å². The lowest BCUT2D eigenvalue weighted by atomic mass is 10.5. The highest BCUT2D eigenvalue weighted by Gasteiger charge is 1.84. The predicted octanol–water partition coefficient (Wildman–Crippen LogP) is 0.224. The van der Waals surface area contributed by atoms with Crippen molar-refractivity contribution in [2.45, 2.75) is 11.8 Å². The molecular formula is C4H7NS. The first-order chi connectivity index (χ1) is 2.77. The van der Waals surface area contributed by atoms with Crippen molar-refractivity contribution in [3.05, 3.63) is 0 Å². The van der Waals surface area contributed by atoms with Crippen LogP contribution >= 0.6 is 12.6 Å². The minimum Gasteiger partial charge on any atom is -0.319 e. The predicted molar refractivity (Wildman–Crippen MR) is 30.4 cm³/mol. The number of hydrogen-bond donors (Lipinski definition) is 2. The zero-order chi connectivity index (χ0) is 4.99. The first kappa shape index (κ1) is 5.87. The van der Waals surface area contributed by atoms with Gasteiger partial charge in [-0.3, -0.25) is 0 Å². The molecule has 0 fully saturated rings. The molecule has 0 saturated carbocycles. The van der Waals surface area contributed by atoms with Gasteiger partial charge in [-0.1, -0.05) is 0 Å². The highest BCUT2D eigenvalue weighted by molar-refractivity contribution is 7.80. The summed E-state index contributed by atoms with van der Waals surface area (Å²) < 4.78 is 0. The number of thiol groups is 1. The lowest BCUT2D eigenvalue weighted by molar-refractivity contribution is 0.965. The topological polar surface area (TPSA) is 26.0 Å². The second kappa shape index (κ2) is 3.08. The van der Waals surface area contributed by atoms with Crippen LogP contribution < -0.4 is 5.73 Å². The molecular weight excluding hydrogens is 94.1 g/mol. The van der Waals surface area contributed by atoms with Crippen LogP contribution in [0.15, 0.2) is 0 Å². The standard InChI is InChI=1S/C4H7NS/c1-2-3-4(5)6/h1,4,6H,3,5H2. The Balaban J connectivity index is 2.88. The van der Waals surface area contributed by atoms with E-state index < -0.39 is 0 Å². The third-order valence-electron chi connectivity index (χ3n) is 0.327. The summed E-state index contributed by atoms with van der Waals surface area (Å²) in [6.07, 6.45) is 5.40. The van der Waals surface area contributed by atoms with Crippen molar-refractivity contribution in [2.75, 3.05) is 0 Å². The second-order valence-electron chi connectivity index (χ2n) is 0.976. The van der Waals surface area contributed by atoms with Crippen LogP contribution in [0.2, 0.25) is 0 Å². The minimum atomic E-state index is -0.144. The molecule has 6 heavy (non-hydrogen) atoms. The monoisotopic (exact) mass is 101 g/mol. The Kier molecular flexibility index (Phi) is 3.01. The zero-order valence-corrected chi connectivity index (χ0v) is 4.28. The lowest BCUT2D eigenvalue weighted by Crippen LogP contribution is -2.09. The Bertz CT molecular complexity index is 62.4. The molecule has 2 heteroatoms. The quantitative estimate of drug-likeness (QED) is 0.276. The maximum atomic E-state index is 5.12. The van der Waals surface area contributed by atoms with E-state index in [0.717, 1.165) is 0 Å². The number of nitrogens with two attached hydrogens (primary N) is 1. The molecule has 0 aromatic carbocycles. The van der Waals surface area contributed by atoms with Gasteiger partial charge in [0.05, 0.1) is 5.37 Å². The molecule has 2 N–H and O–H groups in total. The Labute approximate surface area is 43.3 Å². The van der Waals surface area contributed by atoms with E-state index in [2.05, 4.69) is 18.5 Å². The SMILES string of the molecule is C#CCC(N)S. The van der Waals surface area contributed by atoms with Crippen LogP contribution in [-0.4, -0.2) is 5.37 Å². The summed E-state index contributed by atoms with van der Waals surface area (Å²) in [5, 5.41) is -0.144. The maximum absolute atomic E-state index is 5.12. The Morgan fingerprint density at radius 2 is 2.50 bits per heavy atom. The summed E-state index contributed by atoms with van der Waals surface area (Å²) in [4.78, 5) is 0. The van der Waals surface area contributed by atoms with Crippen molar-refractivity contribution in [1.29, 1.82) is 0 Å². The maximum Gasteiger partial charge on any atom is 0.0588 e. The molecule has 0 aliphatic rings. The normalized spacial score (nSPS) is 12.8. The molecule has 0 aromatic rings. The van der Waals surface area contributed by atoms with Crippen LogP contribution in [0.5, 0.6) is 0 Å². The summed E-state index contributed by atoms with van der Waals surface area (Å²) in [7, 11) is 0. The molecule has 0 saturated heterocycles. The Hall–Kier alpha value is -0.130. The molecule has 0 aliphatic heterocycles. The fraction of sp³-hybridized carbons (Fsp3) is 0.500. The van der Waals surface area contributed by atoms with Gasteiger partial charge in [-0.25, -0.2) is 0 Å². The Morgan fingerprint density at radius 3 is 2.50 bits per heavy atom. The molecule has 0 aromatic heterocycles. The lowest BCUT2D eigenvalue weighted by Gasteiger charge is -1.90. The van der Waals surface area contributed by atoms with E-state index in [1.807, 2.05) is 0 Å². The van der Waals surface area contributed by atoms with Gasteiger partial charge >= 0.3 is 0 Å². The molecule has 0 bridgehead atoms. The van der Waals surface area contributed by atoms with Gasteiger partial charge in [0.2, 0.25) is 0 Å². The third-order valence-corrected chi connectivity index (χ3v) is 0.510. The summed E-state index contributed by atoms with van der Waals surface area (Å²) in [5.41, 5.74) is 5.12. The highest BCUT2D eigenvalue weighted by Crippen LogP contribution is 1.86. The first-order valence-corrected chi connectivity index (χ1v) is 2.16. The van der Waals surface area contributed by atoms with Gasteiger partial charge < -0.3 is 5.73 Å². The zero-order valence-electron chi connectivity index (χ0n) is 3.39. The number of terminal acetylenes is 1. The van der Waals surface area contributed by atoms with E-state index in [9.17, 15) is 0 Å². The van der Waals surface area contributed by atoms with Gasteiger partial charge in [0, 0.05) is 6.42 Å². The molecule has 1 unspecified atom stereocenters. The first-order valence-electron chi connectivity index (χ1n) is 1.64. The summed E-state index contributed by atoms with van der Waals surface area (Å²) in [5.74, 6) is 2.37. The average molecular weight is 101 g/mol. The van der Waals surface area contributed by atoms with Gasteiger partial charge in [0.1, 0.15) is 0 Å². The molecule has 1 atom stereocenters. The van der Waals surface area contributed by atoms with Crippen molar-refractivity contribution in [3.63, 3.8) is 0 Å². The van der Waals surface area contributed by atoms with E-state index >= 15 is 0 Å². The number of hydrogen-bond acceptors (Lipinski definition) is 2. The largest absolute Gasteiger partial charge is 0.319 e. The van der Waals surface area contributed by atoms with Crippen molar-refractivity contribution in [1.82, 2.24) is 0 Å². The Morgan fingerprint density at radius 1 is 2.00 bits per heavy atom. The average Bonchev–Trinajstić information content (AvgIpc) is 1.35. The minimum absolute atomic E-state index is 0.144. The van der Waals surface area contributed by atoms with E-state index in [1.165, 1.54) is 0 Å². The van der Waals surface area contributed by atoms with Crippen molar-refractivity contribution in [3.8, 4) is 12.3 Å². The van der Waals surface area contributed by atoms with Gasteiger partial charge in [0.15, 0.2) is 0 Å². The van der Waals surface area contributed by atoms with Crippen LogP contribution in [0.25, 0.3) is 0 Å². The van der Waals surface area contributed by atoms with Crippen molar-refractivity contribution < 1.29 is 0 Å². The van der Waals surface area contributed by atoms with E-state index in [-0.39, 0.29) is 5.37 Å². The van der Waals surface area contributed by atoms with E-state index in [4.69, 9.17) is 12.2 Å². The highest BCUT2D eigenvalue weighted by atomic mass is 32.1. The smallest absolute Gasteiger partial charge is 0.0588 e. The summed E-state index contributed by atoms with van der Waals surface area (Å²) in [6, 6.07) is 0. The van der Waals surface area contributed by atoms with Gasteiger partial charge in [0.25, 0.3) is 0 Å². The van der Waals surface area contributed by atoms with E-state index in [0.29, 0.717) is 6.42 Å². The number of rotatable bonds is 1. The fourth-order valence-corrected chi connectivity index (χ4v) is 0.226. The van der Waals surface area contributed by atoms with Crippen LogP contribution in [0.4, 0.5) is 0 Å². The molecule has 0 aliphatic carbocycles. The van der Waals surface area contributed by atoms with Crippen molar-refractivity contribution in [2.24, 2.45) is 5.73 Å². The molecule has 1 nitrogen and oxygen atoms in total. The molecule has 34 valence electrons. The third kappa shape index (κ3) is 3.87. The molecule has 0 heterocycles. The van der Waals surface area contributed by atoms with Gasteiger partial charge in [-0.2, -0.15) is 12.6 Å². The molecule has 0 radical (unpaired) electrons. The summed E-state index contributed by atoms with van der Waals surface area (Å²) >= 11 is 3.81. The van der Waals surface area contributed by atoms with Crippen LogP contribution in [0, 0.1) is 12.3 Å².